The molecular weight excluding hydrogens is 368 g/mol. The highest BCUT2D eigenvalue weighted by atomic mass is 16.2. The first-order valence-corrected chi connectivity index (χ1v) is 11.2. The van der Waals surface area contributed by atoms with E-state index in [9.17, 15) is 14.4 Å². The number of amides is 4. The number of hydrazone groups is 1. The van der Waals surface area contributed by atoms with Crippen LogP contribution in [0.15, 0.2) is 5.10 Å². The van der Waals surface area contributed by atoms with E-state index in [-0.39, 0.29) is 23.3 Å². The van der Waals surface area contributed by atoms with Crippen LogP contribution in [0.3, 0.4) is 0 Å². The van der Waals surface area contributed by atoms with Gasteiger partial charge in [-0.05, 0) is 43.4 Å². The number of nitrogens with zero attached hydrogens (tertiary/aromatic N) is 2. The average Bonchev–Trinajstić information content (AvgIpc) is 3.10. The SMILES string of the molecule is CC12CCC(C/C1=N/NC(=O)CN1C(=O)NC3(CCCCCCC3)C1=O)C2(C)C. The second-order valence-electron chi connectivity index (χ2n) is 10.3. The lowest BCUT2D eigenvalue weighted by Gasteiger charge is -2.34. The minimum Gasteiger partial charge on any atom is -0.323 e. The fraction of sp³-hybridized carbons (Fsp3) is 0.818. The molecule has 7 heteroatoms. The van der Waals surface area contributed by atoms with Crippen LogP contribution in [0.2, 0.25) is 0 Å². The van der Waals surface area contributed by atoms with Gasteiger partial charge in [-0.3, -0.25) is 14.5 Å². The largest absolute Gasteiger partial charge is 0.325 e. The van der Waals surface area contributed by atoms with Crippen molar-refractivity contribution in [3.63, 3.8) is 0 Å². The fourth-order valence-electron chi connectivity index (χ4n) is 6.07. The van der Waals surface area contributed by atoms with E-state index in [0.29, 0.717) is 18.8 Å². The number of carbonyl (C=O) groups is 3. The molecule has 1 spiro atoms. The Morgan fingerprint density at radius 1 is 1.10 bits per heavy atom. The number of carbonyl (C=O) groups excluding carboxylic acids is 3. The summed E-state index contributed by atoms with van der Waals surface area (Å²) in [6.07, 6.45) is 9.73. The van der Waals surface area contributed by atoms with Crippen LogP contribution < -0.4 is 10.7 Å². The molecule has 2 N–H and O–H groups in total. The Morgan fingerprint density at radius 3 is 2.34 bits per heavy atom. The average molecular weight is 403 g/mol. The third kappa shape index (κ3) is 3.17. The Balaban J connectivity index is 1.40. The Kier molecular flexibility index (Phi) is 4.98. The number of hydrogen-bond acceptors (Lipinski definition) is 4. The summed E-state index contributed by atoms with van der Waals surface area (Å²) < 4.78 is 0. The maximum Gasteiger partial charge on any atom is 0.325 e. The van der Waals surface area contributed by atoms with E-state index in [1.807, 2.05) is 0 Å². The summed E-state index contributed by atoms with van der Waals surface area (Å²) in [6, 6.07) is -0.452. The van der Waals surface area contributed by atoms with Crippen molar-refractivity contribution in [1.82, 2.24) is 15.6 Å². The molecule has 1 saturated heterocycles. The van der Waals surface area contributed by atoms with E-state index < -0.39 is 17.5 Å². The van der Waals surface area contributed by atoms with Gasteiger partial charge in [0.15, 0.2) is 0 Å². The van der Waals surface area contributed by atoms with Crippen molar-refractivity contribution in [2.24, 2.45) is 21.8 Å². The minimum atomic E-state index is -0.814. The third-order valence-corrected chi connectivity index (χ3v) is 8.58. The summed E-state index contributed by atoms with van der Waals surface area (Å²) in [4.78, 5) is 39.1. The zero-order valence-electron chi connectivity index (χ0n) is 18.0. The minimum absolute atomic E-state index is 0.00863. The van der Waals surface area contributed by atoms with Gasteiger partial charge in [-0.1, -0.05) is 52.9 Å². The molecule has 1 heterocycles. The molecule has 0 aromatic rings. The molecule has 2 bridgehead atoms. The molecule has 4 rings (SSSR count). The monoisotopic (exact) mass is 402 g/mol. The summed E-state index contributed by atoms with van der Waals surface area (Å²) in [5, 5.41) is 7.34. The van der Waals surface area contributed by atoms with Crippen molar-refractivity contribution < 1.29 is 14.4 Å². The van der Waals surface area contributed by atoms with Crippen LogP contribution in [0.5, 0.6) is 0 Å². The molecule has 3 saturated carbocycles. The van der Waals surface area contributed by atoms with Crippen molar-refractivity contribution in [1.29, 1.82) is 0 Å². The number of nitrogens with one attached hydrogen (secondary N) is 2. The van der Waals surface area contributed by atoms with Crippen LogP contribution in [-0.4, -0.2) is 40.5 Å². The maximum absolute atomic E-state index is 13.0. The smallest absolute Gasteiger partial charge is 0.323 e. The molecule has 0 radical (unpaired) electrons. The van der Waals surface area contributed by atoms with E-state index >= 15 is 0 Å². The van der Waals surface area contributed by atoms with E-state index in [4.69, 9.17) is 0 Å². The predicted octanol–water partition coefficient (Wildman–Crippen LogP) is 3.34. The van der Waals surface area contributed by atoms with Gasteiger partial charge < -0.3 is 5.32 Å². The molecule has 0 aromatic carbocycles. The standard InChI is InChI=1S/C22H34N4O3/c1-20(2)15-9-12-21(20,3)16(13-15)24-25-17(27)14-26-18(28)22(23-19(26)29)10-7-5-4-6-8-11-22/h15H,4-14H2,1-3H3,(H,23,29)(H,25,27)/b24-16-. The quantitative estimate of drug-likeness (QED) is 0.560. The van der Waals surface area contributed by atoms with Gasteiger partial charge in [-0.2, -0.15) is 5.10 Å². The zero-order valence-corrected chi connectivity index (χ0v) is 18.0. The molecule has 160 valence electrons. The van der Waals surface area contributed by atoms with Gasteiger partial charge in [0.1, 0.15) is 12.1 Å². The second kappa shape index (κ2) is 7.10. The number of hydrogen-bond donors (Lipinski definition) is 2. The molecule has 3 aliphatic carbocycles. The fourth-order valence-corrected chi connectivity index (χ4v) is 6.07. The Bertz CT molecular complexity index is 751. The van der Waals surface area contributed by atoms with E-state index in [0.717, 1.165) is 49.1 Å². The summed E-state index contributed by atoms with van der Waals surface area (Å²) >= 11 is 0. The first-order chi connectivity index (χ1) is 13.7. The van der Waals surface area contributed by atoms with Crippen LogP contribution in [0, 0.1) is 16.7 Å². The molecule has 4 aliphatic rings. The molecular formula is C22H34N4O3. The van der Waals surface area contributed by atoms with Gasteiger partial charge in [-0.15, -0.1) is 0 Å². The van der Waals surface area contributed by atoms with Crippen LogP contribution in [-0.2, 0) is 9.59 Å². The van der Waals surface area contributed by atoms with Crippen molar-refractivity contribution in [3.05, 3.63) is 0 Å². The summed E-state index contributed by atoms with van der Waals surface area (Å²) in [7, 11) is 0. The van der Waals surface area contributed by atoms with Crippen molar-refractivity contribution in [3.8, 4) is 0 Å². The van der Waals surface area contributed by atoms with E-state index in [2.05, 4.69) is 36.6 Å². The number of rotatable bonds is 3. The summed E-state index contributed by atoms with van der Waals surface area (Å²) in [5.41, 5.74) is 3.05. The van der Waals surface area contributed by atoms with Crippen LogP contribution in [0.1, 0.15) is 85.0 Å². The van der Waals surface area contributed by atoms with E-state index in [1.165, 1.54) is 12.8 Å². The van der Waals surface area contributed by atoms with Crippen LogP contribution >= 0.6 is 0 Å². The van der Waals surface area contributed by atoms with Gasteiger partial charge >= 0.3 is 6.03 Å². The topological polar surface area (TPSA) is 90.9 Å². The molecule has 7 nitrogen and oxygen atoms in total. The molecule has 29 heavy (non-hydrogen) atoms. The summed E-state index contributed by atoms with van der Waals surface area (Å²) in [5.74, 6) is -0.0541. The van der Waals surface area contributed by atoms with Crippen molar-refractivity contribution in [2.45, 2.75) is 90.5 Å². The number of urea groups is 1. The van der Waals surface area contributed by atoms with Gasteiger partial charge in [0.25, 0.3) is 11.8 Å². The van der Waals surface area contributed by atoms with Crippen molar-refractivity contribution >= 4 is 23.6 Å². The first-order valence-electron chi connectivity index (χ1n) is 11.2. The van der Waals surface area contributed by atoms with Crippen LogP contribution in [0.4, 0.5) is 4.79 Å². The normalized spacial score (nSPS) is 34.4. The van der Waals surface area contributed by atoms with Gasteiger partial charge in [0.05, 0.1) is 0 Å². The predicted molar refractivity (Wildman–Crippen MR) is 110 cm³/mol. The molecule has 2 atom stereocenters. The lowest BCUT2D eigenvalue weighted by molar-refractivity contribution is -0.135. The molecule has 1 aliphatic heterocycles. The summed E-state index contributed by atoms with van der Waals surface area (Å²) in [6.45, 7) is 6.54. The van der Waals surface area contributed by atoms with Gasteiger partial charge in [-0.25, -0.2) is 10.2 Å². The van der Waals surface area contributed by atoms with Crippen LogP contribution in [0.25, 0.3) is 0 Å². The lowest BCUT2D eigenvalue weighted by atomic mass is 9.70. The molecule has 2 unspecified atom stereocenters. The molecule has 0 aromatic heterocycles. The van der Waals surface area contributed by atoms with Gasteiger partial charge in [0.2, 0.25) is 0 Å². The lowest BCUT2D eigenvalue weighted by Crippen LogP contribution is -2.48. The highest BCUT2D eigenvalue weighted by molar-refractivity contribution is 6.09. The Hall–Kier alpha value is -1.92. The maximum atomic E-state index is 13.0. The first kappa shape index (κ1) is 20.4. The van der Waals surface area contributed by atoms with Gasteiger partial charge in [0, 0.05) is 11.1 Å². The Labute approximate surface area is 173 Å². The Morgan fingerprint density at radius 2 is 1.76 bits per heavy atom. The zero-order chi connectivity index (χ0) is 20.9. The molecule has 4 fully saturated rings. The van der Waals surface area contributed by atoms with E-state index in [1.54, 1.807) is 0 Å². The highest BCUT2D eigenvalue weighted by Crippen LogP contribution is 2.63. The number of imide groups is 1. The highest BCUT2D eigenvalue weighted by Gasteiger charge is 2.60. The molecule has 4 amide bonds. The number of fused-ring (bicyclic) bond motifs is 2. The third-order valence-electron chi connectivity index (χ3n) is 8.58. The second-order valence-corrected chi connectivity index (χ2v) is 10.3. The van der Waals surface area contributed by atoms with Crippen molar-refractivity contribution in [2.75, 3.05) is 6.54 Å².